The van der Waals surface area contributed by atoms with Crippen LogP contribution in [0, 0.1) is 16.7 Å². The summed E-state index contributed by atoms with van der Waals surface area (Å²) in [7, 11) is 4.33. The molecule has 1 rings (SSSR count). The molecule has 0 amide bonds. The van der Waals surface area contributed by atoms with Crippen molar-refractivity contribution >= 4 is 0 Å². The van der Waals surface area contributed by atoms with E-state index in [-0.39, 0.29) is 0 Å². The molecule has 0 aromatic heterocycles. The number of nitrogens with zero attached hydrogens (tertiary/aromatic N) is 2. The molecule has 108 valence electrons. The van der Waals surface area contributed by atoms with Gasteiger partial charge in [-0.25, -0.2) is 0 Å². The van der Waals surface area contributed by atoms with E-state index in [2.05, 4.69) is 58.5 Å². The Morgan fingerprint density at radius 3 is 2.00 bits per heavy atom. The molecule has 0 atom stereocenters. The summed E-state index contributed by atoms with van der Waals surface area (Å²) in [6.07, 6.45) is 2.63. The highest BCUT2D eigenvalue weighted by atomic mass is 15.2. The first-order valence-electron chi connectivity index (χ1n) is 7.47. The lowest BCUT2D eigenvalue weighted by Gasteiger charge is -2.47. The zero-order chi connectivity index (χ0) is 14.0. The van der Waals surface area contributed by atoms with Gasteiger partial charge in [0.05, 0.1) is 0 Å². The third-order valence-corrected chi connectivity index (χ3v) is 4.52. The minimum atomic E-state index is 0.483. The second-order valence-electron chi connectivity index (χ2n) is 8.29. The quantitative estimate of drug-likeness (QED) is 0.717. The normalized spacial score (nSPS) is 19.3. The average molecular weight is 254 g/mol. The van der Waals surface area contributed by atoms with Crippen LogP contribution in [0.25, 0.3) is 0 Å². The maximum absolute atomic E-state index is 2.63. The lowest BCUT2D eigenvalue weighted by atomic mass is 9.75. The zero-order valence-electron chi connectivity index (χ0n) is 13.7. The molecule has 1 heterocycles. The molecule has 1 saturated heterocycles. The van der Waals surface area contributed by atoms with Crippen LogP contribution in [0.3, 0.4) is 0 Å². The Balaban J connectivity index is 2.19. The smallest absolute Gasteiger partial charge is 0.00270 e. The molecule has 1 fully saturated rings. The predicted molar refractivity (Wildman–Crippen MR) is 81.0 cm³/mol. The van der Waals surface area contributed by atoms with Gasteiger partial charge in [0.15, 0.2) is 0 Å². The van der Waals surface area contributed by atoms with E-state index in [9.17, 15) is 0 Å². The maximum Gasteiger partial charge on any atom is 0.00270 e. The van der Waals surface area contributed by atoms with Crippen LogP contribution in [-0.4, -0.2) is 50.1 Å². The van der Waals surface area contributed by atoms with E-state index >= 15 is 0 Å². The summed E-state index contributed by atoms with van der Waals surface area (Å²) in [5.74, 6) is 0.905. The molecule has 2 heteroatoms. The Hall–Kier alpha value is -0.0800. The lowest BCUT2D eigenvalue weighted by Crippen LogP contribution is -2.52. The van der Waals surface area contributed by atoms with E-state index in [4.69, 9.17) is 0 Å². The van der Waals surface area contributed by atoms with E-state index in [1.54, 1.807) is 0 Å². The first-order valence-corrected chi connectivity index (χ1v) is 7.47. The van der Waals surface area contributed by atoms with E-state index in [0.717, 1.165) is 5.92 Å². The van der Waals surface area contributed by atoms with Crippen molar-refractivity contribution < 1.29 is 0 Å². The van der Waals surface area contributed by atoms with Crippen molar-refractivity contribution in [2.75, 3.05) is 40.3 Å². The van der Waals surface area contributed by atoms with Crippen molar-refractivity contribution in [3.8, 4) is 0 Å². The molecule has 0 aromatic carbocycles. The van der Waals surface area contributed by atoms with Crippen molar-refractivity contribution in [2.45, 2.75) is 47.5 Å². The van der Waals surface area contributed by atoms with E-state index < -0.39 is 0 Å². The van der Waals surface area contributed by atoms with Crippen LogP contribution in [-0.2, 0) is 0 Å². The van der Waals surface area contributed by atoms with Crippen molar-refractivity contribution in [2.24, 2.45) is 16.7 Å². The van der Waals surface area contributed by atoms with Crippen LogP contribution < -0.4 is 0 Å². The van der Waals surface area contributed by atoms with E-state index in [1.807, 2.05) is 0 Å². The van der Waals surface area contributed by atoms with Gasteiger partial charge in [-0.05, 0) is 56.8 Å². The van der Waals surface area contributed by atoms with Gasteiger partial charge in [-0.2, -0.15) is 0 Å². The molecule has 0 N–H and O–H groups in total. The van der Waals surface area contributed by atoms with Crippen LogP contribution in [0.4, 0.5) is 0 Å². The highest BCUT2D eigenvalue weighted by Gasteiger charge is 2.35. The molecule has 0 bridgehead atoms. The van der Waals surface area contributed by atoms with Crippen LogP contribution in [0.15, 0.2) is 0 Å². The average Bonchev–Trinajstić information content (AvgIpc) is 2.10. The van der Waals surface area contributed by atoms with Gasteiger partial charge in [0, 0.05) is 13.1 Å². The molecule has 18 heavy (non-hydrogen) atoms. The summed E-state index contributed by atoms with van der Waals surface area (Å²) in [6, 6.07) is 0. The third kappa shape index (κ3) is 5.27. The summed E-state index contributed by atoms with van der Waals surface area (Å²) < 4.78 is 0. The van der Waals surface area contributed by atoms with Crippen molar-refractivity contribution in [1.29, 1.82) is 0 Å². The SMILES string of the molecule is CN(C)CCC(C)(C)CCN1CC(C(C)(C)C)C1. The summed E-state index contributed by atoms with van der Waals surface area (Å²) >= 11 is 0. The molecule has 0 unspecified atom stereocenters. The summed E-state index contributed by atoms with van der Waals surface area (Å²) in [4.78, 5) is 4.92. The molecule has 0 aromatic rings. The molecule has 1 aliphatic heterocycles. The molecular weight excluding hydrogens is 220 g/mol. The highest BCUT2D eigenvalue weighted by Crippen LogP contribution is 2.34. The second-order valence-corrected chi connectivity index (χ2v) is 8.29. The Bertz CT molecular complexity index is 244. The Labute approximate surface area is 115 Å². The molecule has 0 radical (unpaired) electrons. The fraction of sp³-hybridized carbons (Fsp3) is 1.00. The minimum absolute atomic E-state index is 0.483. The number of hydrogen-bond acceptors (Lipinski definition) is 2. The topological polar surface area (TPSA) is 6.48 Å². The van der Waals surface area contributed by atoms with Crippen LogP contribution in [0.2, 0.25) is 0 Å². The number of rotatable bonds is 6. The summed E-state index contributed by atoms with van der Waals surface area (Å²) in [5, 5.41) is 0. The highest BCUT2D eigenvalue weighted by molar-refractivity contribution is 4.88. The monoisotopic (exact) mass is 254 g/mol. The van der Waals surface area contributed by atoms with E-state index in [0.29, 0.717) is 10.8 Å². The van der Waals surface area contributed by atoms with Gasteiger partial charge >= 0.3 is 0 Å². The molecule has 1 aliphatic rings. The fourth-order valence-electron chi connectivity index (χ4n) is 2.41. The summed E-state index contributed by atoms with van der Waals surface area (Å²) in [5.41, 5.74) is 0.980. The fourth-order valence-corrected chi connectivity index (χ4v) is 2.41. The van der Waals surface area contributed by atoms with Crippen molar-refractivity contribution in [3.05, 3.63) is 0 Å². The Morgan fingerprint density at radius 1 is 1.00 bits per heavy atom. The van der Waals surface area contributed by atoms with Crippen LogP contribution >= 0.6 is 0 Å². The minimum Gasteiger partial charge on any atom is -0.309 e. The van der Waals surface area contributed by atoms with Crippen LogP contribution in [0.5, 0.6) is 0 Å². The van der Waals surface area contributed by atoms with Gasteiger partial charge in [-0.1, -0.05) is 34.6 Å². The first kappa shape index (κ1) is 16.0. The van der Waals surface area contributed by atoms with Gasteiger partial charge in [0.25, 0.3) is 0 Å². The third-order valence-electron chi connectivity index (χ3n) is 4.52. The largest absolute Gasteiger partial charge is 0.309 e. The molecule has 0 spiro atoms. The molecule has 2 nitrogen and oxygen atoms in total. The lowest BCUT2D eigenvalue weighted by molar-refractivity contribution is 0.0164. The first-order chi connectivity index (χ1) is 8.10. The Kier molecular flexibility index (Phi) is 5.25. The number of likely N-dealkylation sites (tertiary alicyclic amines) is 1. The van der Waals surface area contributed by atoms with Crippen LogP contribution in [0.1, 0.15) is 47.5 Å². The maximum atomic E-state index is 2.63. The van der Waals surface area contributed by atoms with Gasteiger partial charge in [0.1, 0.15) is 0 Å². The molecular formula is C16H34N2. The Morgan fingerprint density at radius 2 is 1.56 bits per heavy atom. The number of hydrogen-bond donors (Lipinski definition) is 0. The van der Waals surface area contributed by atoms with Gasteiger partial charge < -0.3 is 9.80 Å². The molecule has 0 aliphatic carbocycles. The predicted octanol–water partition coefficient (Wildman–Crippen LogP) is 3.33. The van der Waals surface area contributed by atoms with Gasteiger partial charge in [-0.3, -0.25) is 0 Å². The summed E-state index contributed by atoms with van der Waals surface area (Å²) in [6.45, 7) is 17.1. The molecule has 0 saturated carbocycles. The van der Waals surface area contributed by atoms with Gasteiger partial charge in [0.2, 0.25) is 0 Å². The second kappa shape index (κ2) is 5.92. The van der Waals surface area contributed by atoms with Crippen molar-refractivity contribution in [1.82, 2.24) is 9.80 Å². The standard InChI is InChI=1S/C16H34N2/c1-15(2,3)14-12-18(13-14)11-9-16(4,5)8-10-17(6)7/h14H,8-13H2,1-7H3. The van der Waals surface area contributed by atoms with Crippen molar-refractivity contribution in [3.63, 3.8) is 0 Å². The van der Waals surface area contributed by atoms with Gasteiger partial charge in [-0.15, -0.1) is 0 Å². The zero-order valence-corrected chi connectivity index (χ0v) is 13.7. The van der Waals surface area contributed by atoms with E-state index in [1.165, 1.54) is 39.0 Å².